The van der Waals surface area contributed by atoms with Crippen LogP contribution in [0.15, 0.2) is 73.3 Å². The van der Waals surface area contributed by atoms with Crippen LogP contribution in [0.2, 0.25) is 0 Å². The van der Waals surface area contributed by atoms with Gasteiger partial charge < -0.3 is 15.6 Å². The summed E-state index contributed by atoms with van der Waals surface area (Å²) in [6.45, 7) is 0. The van der Waals surface area contributed by atoms with Gasteiger partial charge in [0, 0.05) is 33.7 Å². The minimum atomic E-state index is -0.961. The quantitative estimate of drug-likeness (QED) is 0.269. The number of halogens is 2. The third kappa shape index (κ3) is 3.98. The molecule has 11 heteroatoms. The molecule has 1 amide bonds. The number of nitrogens with one attached hydrogen (secondary N) is 4. The highest BCUT2D eigenvalue weighted by Crippen LogP contribution is 2.26. The van der Waals surface area contributed by atoms with Gasteiger partial charge in [0.05, 0.1) is 24.1 Å². The Hall–Kier alpha value is -5.19. The van der Waals surface area contributed by atoms with Gasteiger partial charge in [0.1, 0.15) is 17.2 Å². The zero-order valence-electron chi connectivity index (χ0n) is 18.4. The number of amides is 1. The summed E-state index contributed by atoms with van der Waals surface area (Å²) in [5.74, 6) is -1.52. The molecule has 0 aliphatic rings. The van der Waals surface area contributed by atoms with Gasteiger partial charge in [-0.3, -0.25) is 14.9 Å². The number of hydrogen-bond donors (Lipinski definition) is 4. The second-order valence-corrected chi connectivity index (χ2v) is 7.98. The van der Waals surface area contributed by atoms with Crippen LogP contribution in [0.5, 0.6) is 0 Å². The van der Waals surface area contributed by atoms with E-state index < -0.39 is 23.2 Å². The van der Waals surface area contributed by atoms with E-state index in [4.69, 9.17) is 0 Å². The molecule has 0 saturated heterocycles. The lowest BCUT2D eigenvalue weighted by atomic mass is 10.1. The van der Waals surface area contributed by atoms with Gasteiger partial charge >= 0.3 is 0 Å². The average molecular weight is 482 g/mol. The summed E-state index contributed by atoms with van der Waals surface area (Å²) in [5, 5.41) is 14.2. The lowest BCUT2D eigenvalue weighted by molar-refractivity contribution is 0.102. The number of carbonyl (C=O) groups excluding carboxylic acids is 1. The maximum atomic E-state index is 13.8. The van der Waals surface area contributed by atoms with Crippen molar-refractivity contribution in [3.8, 4) is 11.4 Å². The smallest absolute Gasteiger partial charge is 0.272 e. The number of carbonyl (C=O) groups is 1. The molecular formula is C25H16F2N8O. The normalized spacial score (nSPS) is 11.2. The van der Waals surface area contributed by atoms with E-state index in [1.54, 1.807) is 30.6 Å². The van der Waals surface area contributed by atoms with Crippen molar-refractivity contribution in [3.63, 3.8) is 0 Å². The van der Waals surface area contributed by atoms with Crippen molar-refractivity contribution in [2.45, 2.75) is 0 Å². The average Bonchev–Trinajstić information content (AvgIpc) is 3.52. The molecule has 0 saturated carbocycles. The van der Waals surface area contributed by atoms with Crippen molar-refractivity contribution in [2.24, 2.45) is 0 Å². The molecule has 0 unspecified atom stereocenters. The zero-order chi connectivity index (χ0) is 24.6. The Morgan fingerprint density at radius 2 is 1.75 bits per heavy atom. The van der Waals surface area contributed by atoms with Gasteiger partial charge in [-0.1, -0.05) is 12.1 Å². The molecule has 4 N–H and O–H groups in total. The van der Waals surface area contributed by atoms with Gasteiger partial charge in [0.15, 0.2) is 17.5 Å². The maximum Gasteiger partial charge on any atom is 0.272 e. The second kappa shape index (κ2) is 8.55. The molecule has 36 heavy (non-hydrogen) atoms. The molecule has 4 heterocycles. The fourth-order valence-electron chi connectivity index (χ4n) is 3.84. The van der Waals surface area contributed by atoms with Crippen LogP contribution in [0.1, 0.15) is 10.5 Å². The molecule has 176 valence electrons. The first-order chi connectivity index (χ1) is 17.5. The fourth-order valence-corrected chi connectivity index (χ4v) is 3.84. The number of pyridine rings is 1. The van der Waals surface area contributed by atoms with Crippen molar-refractivity contribution in [1.82, 2.24) is 30.1 Å². The summed E-state index contributed by atoms with van der Waals surface area (Å²) in [5.41, 5.74) is 2.73. The van der Waals surface area contributed by atoms with E-state index in [9.17, 15) is 13.6 Å². The van der Waals surface area contributed by atoms with Crippen molar-refractivity contribution in [1.29, 1.82) is 0 Å². The highest BCUT2D eigenvalue weighted by molar-refractivity contribution is 6.06. The van der Waals surface area contributed by atoms with Gasteiger partial charge in [-0.05, 0) is 36.4 Å². The minimum absolute atomic E-state index is 0.142. The third-order valence-electron chi connectivity index (χ3n) is 5.59. The molecule has 6 aromatic rings. The number of nitrogens with zero attached hydrogens (tertiary/aromatic N) is 4. The lowest BCUT2D eigenvalue weighted by Crippen LogP contribution is -2.14. The molecule has 6 rings (SSSR count). The van der Waals surface area contributed by atoms with Crippen LogP contribution in [0.3, 0.4) is 0 Å². The van der Waals surface area contributed by atoms with Crippen LogP contribution in [-0.4, -0.2) is 36.0 Å². The van der Waals surface area contributed by atoms with Crippen LogP contribution in [-0.2, 0) is 0 Å². The van der Waals surface area contributed by atoms with E-state index in [1.165, 1.54) is 0 Å². The Morgan fingerprint density at radius 3 is 2.61 bits per heavy atom. The van der Waals surface area contributed by atoms with Gasteiger partial charge in [0.25, 0.3) is 5.91 Å². The van der Waals surface area contributed by atoms with Crippen LogP contribution >= 0.6 is 0 Å². The number of rotatable bonds is 5. The molecule has 0 aliphatic heterocycles. The van der Waals surface area contributed by atoms with Gasteiger partial charge in [-0.15, -0.1) is 0 Å². The molecular weight excluding hydrogens is 466 g/mol. The lowest BCUT2D eigenvalue weighted by Gasteiger charge is -2.07. The highest BCUT2D eigenvalue weighted by Gasteiger charge is 2.16. The standard InChI is InChI=1S/C25H16F2N8O/c26-17-11-28-12-18(27)23(17)34-25(36)21-8-13-1-2-14(9-20(13)32-21)24-29-6-5-22(33-24)31-16-3-4-19-15(7-16)10-30-35-19/h1-12,32H,(H,30,35)(H,28,34,36)(H,29,31,33). The molecule has 0 fully saturated rings. The van der Waals surface area contributed by atoms with Crippen molar-refractivity contribution >= 4 is 44.9 Å². The molecule has 0 atom stereocenters. The summed E-state index contributed by atoms with van der Waals surface area (Å²) < 4.78 is 27.7. The summed E-state index contributed by atoms with van der Waals surface area (Å²) in [6.07, 6.45) is 5.05. The van der Waals surface area contributed by atoms with E-state index in [0.29, 0.717) is 17.2 Å². The molecule has 9 nitrogen and oxygen atoms in total. The highest BCUT2D eigenvalue weighted by atomic mass is 19.1. The summed E-state index contributed by atoms with van der Waals surface area (Å²) in [7, 11) is 0. The van der Waals surface area contributed by atoms with Crippen molar-refractivity contribution < 1.29 is 13.6 Å². The Kier molecular flexibility index (Phi) is 5.07. The Balaban J connectivity index is 1.25. The Labute approximate surface area is 201 Å². The molecule has 2 aromatic carbocycles. The number of aromatic amines is 2. The first-order valence-electron chi connectivity index (χ1n) is 10.8. The first-order valence-corrected chi connectivity index (χ1v) is 10.8. The molecule has 0 spiro atoms. The molecule has 0 aliphatic carbocycles. The van der Waals surface area contributed by atoms with Crippen LogP contribution in [0, 0.1) is 11.6 Å². The van der Waals surface area contributed by atoms with Crippen molar-refractivity contribution in [2.75, 3.05) is 10.6 Å². The predicted molar refractivity (Wildman–Crippen MR) is 131 cm³/mol. The number of aromatic nitrogens is 6. The van der Waals surface area contributed by atoms with Crippen LogP contribution in [0.25, 0.3) is 33.2 Å². The maximum absolute atomic E-state index is 13.8. The van der Waals surface area contributed by atoms with Gasteiger partial charge in [0.2, 0.25) is 0 Å². The Bertz CT molecular complexity index is 1740. The topological polar surface area (TPSA) is 124 Å². The zero-order valence-corrected chi connectivity index (χ0v) is 18.4. The third-order valence-corrected chi connectivity index (χ3v) is 5.59. The number of H-pyrrole nitrogens is 2. The van der Waals surface area contributed by atoms with Gasteiger partial charge in [-0.25, -0.2) is 18.7 Å². The number of anilines is 3. The van der Waals surface area contributed by atoms with E-state index >= 15 is 0 Å². The molecule has 0 radical (unpaired) electrons. The van der Waals surface area contributed by atoms with Crippen LogP contribution < -0.4 is 10.6 Å². The van der Waals surface area contributed by atoms with Crippen LogP contribution in [0.4, 0.5) is 26.0 Å². The SMILES string of the molecule is O=C(Nc1c(F)cncc1F)c1cc2ccc(-c3nccc(Nc4ccc5[nH]ncc5c4)n3)cc2[nH]1. The molecule has 0 bridgehead atoms. The van der Waals surface area contributed by atoms with Gasteiger partial charge in [-0.2, -0.15) is 5.10 Å². The monoisotopic (exact) mass is 482 g/mol. The minimum Gasteiger partial charge on any atom is -0.350 e. The van der Waals surface area contributed by atoms with E-state index in [0.717, 1.165) is 39.9 Å². The second-order valence-electron chi connectivity index (χ2n) is 7.98. The fraction of sp³-hybridized carbons (Fsp3) is 0. The van der Waals surface area contributed by atoms with Crippen molar-refractivity contribution in [3.05, 3.63) is 90.6 Å². The predicted octanol–water partition coefficient (Wildman–Crippen LogP) is 5.17. The summed E-state index contributed by atoms with van der Waals surface area (Å²) >= 11 is 0. The summed E-state index contributed by atoms with van der Waals surface area (Å²) in [6, 6.07) is 14.6. The largest absolute Gasteiger partial charge is 0.350 e. The van der Waals surface area contributed by atoms with E-state index in [2.05, 4.69) is 40.8 Å². The number of fused-ring (bicyclic) bond motifs is 2. The van der Waals surface area contributed by atoms with E-state index in [-0.39, 0.29) is 5.69 Å². The Morgan fingerprint density at radius 1 is 0.889 bits per heavy atom. The first kappa shape index (κ1) is 21.4. The number of benzene rings is 2. The number of hydrogen-bond acceptors (Lipinski definition) is 6. The molecule has 4 aromatic heterocycles. The van der Waals surface area contributed by atoms with E-state index in [1.807, 2.05) is 30.3 Å². The summed E-state index contributed by atoms with van der Waals surface area (Å²) in [4.78, 5) is 27.9.